The number of hydrogen-bond acceptors (Lipinski definition) is 7. The third-order valence-corrected chi connectivity index (χ3v) is 7.20. The highest BCUT2D eigenvalue weighted by Crippen LogP contribution is 2.43. The minimum atomic E-state index is -0.808. The van der Waals surface area contributed by atoms with Crippen LogP contribution in [-0.2, 0) is 27.4 Å². The predicted octanol–water partition coefficient (Wildman–Crippen LogP) is 5.06. The summed E-state index contributed by atoms with van der Waals surface area (Å²) in [6.07, 6.45) is 1.27. The Bertz CT molecular complexity index is 1430. The summed E-state index contributed by atoms with van der Waals surface area (Å²) in [7, 11) is 3.13. The number of ketones is 1. The molecule has 0 saturated carbocycles. The Kier molecular flexibility index (Phi) is 8.07. The van der Waals surface area contributed by atoms with Crippen molar-refractivity contribution in [2.75, 3.05) is 27.4 Å². The molecule has 8 heteroatoms. The lowest BCUT2D eigenvalue weighted by Gasteiger charge is -2.26. The molecule has 208 valence electrons. The third-order valence-electron chi connectivity index (χ3n) is 7.20. The molecular formula is C32H33NO7. The van der Waals surface area contributed by atoms with E-state index in [0.29, 0.717) is 48.7 Å². The molecule has 3 aromatic carbocycles. The zero-order valence-electron chi connectivity index (χ0n) is 22.9. The largest absolute Gasteiger partial charge is 0.507 e. The normalized spacial score (nSPS) is 19.4. The van der Waals surface area contributed by atoms with Crippen LogP contribution >= 0.6 is 0 Å². The first-order valence-electron chi connectivity index (χ1n) is 13.3. The van der Waals surface area contributed by atoms with Crippen LogP contribution in [0.2, 0.25) is 0 Å². The van der Waals surface area contributed by atoms with Crippen LogP contribution < -0.4 is 14.2 Å². The van der Waals surface area contributed by atoms with E-state index >= 15 is 0 Å². The minimum Gasteiger partial charge on any atom is -0.507 e. The van der Waals surface area contributed by atoms with Crippen molar-refractivity contribution in [3.05, 3.63) is 94.6 Å². The standard InChI is InChI=1S/C32H33NO7/c1-20-16-24-17-23(11-12-25(24)40-20)30(34)28-29(33(14-7-15-37-2)32(36)31(28)35)22-10-13-26(27(18-22)38-3)39-19-21-8-5-4-6-9-21/h4-6,8-13,17-18,20,29,34H,7,14-16,19H2,1-3H3/t20-,29-/m1/s1. The van der Waals surface area contributed by atoms with E-state index in [1.807, 2.05) is 43.3 Å². The number of aliphatic hydroxyl groups is 1. The number of methoxy groups -OCH3 is 2. The molecule has 0 radical (unpaired) electrons. The van der Waals surface area contributed by atoms with Gasteiger partial charge in [0.25, 0.3) is 11.7 Å². The Labute approximate surface area is 233 Å². The van der Waals surface area contributed by atoms with Crippen LogP contribution in [0.4, 0.5) is 0 Å². The summed E-state index contributed by atoms with van der Waals surface area (Å²) in [5.74, 6) is 0.135. The summed E-state index contributed by atoms with van der Waals surface area (Å²) < 4.78 is 22.6. The highest BCUT2D eigenvalue weighted by atomic mass is 16.5. The Morgan fingerprint density at radius 1 is 1.02 bits per heavy atom. The molecule has 1 saturated heterocycles. The van der Waals surface area contributed by atoms with Crippen molar-refractivity contribution in [3.63, 3.8) is 0 Å². The van der Waals surface area contributed by atoms with E-state index in [1.54, 1.807) is 37.4 Å². The van der Waals surface area contributed by atoms with Crippen LogP contribution in [0.15, 0.2) is 72.3 Å². The van der Waals surface area contributed by atoms with E-state index in [2.05, 4.69) is 0 Å². The molecule has 2 aliphatic rings. The second-order valence-corrected chi connectivity index (χ2v) is 9.98. The van der Waals surface area contributed by atoms with Crippen molar-refractivity contribution in [1.29, 1.82) is 0 Å². The maximum absolute atomic E-state index is 13.4. The average molecular weight is 544 g/mol. The molecule has 0 bridgehead atoms. The first-order valence-corrected chi connectivity index (χ1v) is 13.3. The van der Waals surface area contributed by atoms with Gasteiger partial charge in [-0.1, -0.05) is 36.4 Å². The lowest BCUT2D eigenvalue weighted by Crippen LogP contribution is -2.31. The average Bonchev–Trinajstić information content (AvgIpc) is 3.47. The Balaban J connectivity index is 1.53. The van der Waals surface area contributed by atoms with Gasteiger partial charge in [0.15, 0.2) is 11.5 Å². The molecule has 40 heavy (non-hydrogen) atoms. The maximum Gasteiger partial charge on any atom is 0.295 e. The Hall–Kier alpha value is -4.30. The Morgan fingerprint density at radius 3 is 2.58 bits per heavy atom. The fourth-order valence-electron chi connectivity index (χ4n) is 5.27. The molecule has 0 unspecified atom stereocenters. The lowest BCUT2D eigenvalue weighted by molar-refractivity contribution is -0.140. The first kappa shape index (κ1) is 27.3. The molecule has 1 N–H and O–H groups in total. The summed E-state index contributed by atoms with van der Waals surface area (Å²) in [5, 5.41) is 11.5. The van der Waals surface area contributed by atoms with Gasteiger partial charge in [0.2, 0.25) is 0 Å². The zero-order chi connectivity index (χ0) is 28.2. The summed E-state index contributed by atoms with van der Waals surface area (Å²) in [6, 6.07) is 19.6. The van der Waals surface area contributed by atoms with Gasteiger partial charge in [-0.25, -0.2) is 0 Å². The topological polar surface area (TPSA) is 94.5 Å². The molecule has 0 aromatic heterocycles. The third kappa shape index (κ3) is 5.40. The van der Waals surface area contributed by atoms with Crippen molar-refractivity contribution in [1.82, 2.24) is 4.90 Å². The van der Waals surface area contributed by atoms with Crippen molar-refractivity contribution in [2.24, 2.45) is 0 Å². The quantitative estimate of drug-likeness (QED) is 0.165. The van der Waals surface area contributed by atoms with E-state index in [9.17, 15) is 14.7 Å². The number of carbonyl (C=O) groups is 2. The van der Waals surface area contributed by atoms with Gasteiger partial charge in [-0.2, -0.15) is 0 Å². The van der Waals surface area contributed by atoms with E-state index in [-0.39, 0.29) is 24.0 Å². The van der Waals surface area contributed by atoms with Gasteiger partial charge in [0.1, 0.15) is 24.2 Å². The fourth-order valence-corrected chi connectivity index (χ4v) is 5.27. The number of Topliss-reactive ketones (excluding diaryl/α,β-unsaturated/α-hetero) is 1. The molecule has 1 amide bonds. The molecule has 0 spiro atoms. The van der Waals surface area contributed by atoms with Crippen LogP contribution in [0.1, 0.15) is 41.6 Å². The summed E-state index contributed by atoms with van der Waals surface area (Å²) in [4.78, 5) is 28.1. The molecule has 2 heterocycles. The SMILES string of the molecule is COCCCN1C(=O)C(=O)C(=C(O)c2ccc3c(c2)C[C@@H](C)O3)[C@H]1c1ccc(OCc2ccccc2)c(OC)c1. The number of ether oxygens (including phenoxy) is 4. The van der Waals surface area contributed by atoms with Crippen molar-refractivity contribution in [2.45, 2.75) is 38.5 Å². The fraction of sp³-hybridized carbons (Fsp3) is 0.312. The van der Waals surface area contributed by atoms with Crippen LogP contribution in [-0.4, -0.2) is 55.2 Å². The number of amides is 1. The molecule has 0 aliphatic carbocycles. The number of carbonyl (C=O) groups excluding carboxylic acids is 2. The number of nitrogens with zero attached hydrogens (tertiary/aromatic N) is 1. The van der Waals surface area contributed by atoms with Crippen LogP contribution in [0.5, 0.6) is 17.2 Å². The summed E-state index contributed by atoms with van der Waals surface area (Å²) in [5.41, 5.74) is 3.08. The van der Waals surface area contributed by atoms with E-state index in [1.165, 1.54) is 12.0 Å². The zero-order valence-corrected chi connectivity index (χ0v) is 22.9. The van der Waals surface area contributed by atoms with E-state index in [0.717, 1.165) is 16.9 Å². The molecule has 1 fully saturated rings. The van der Waals surface area contributed by atoms with Gasteiger partial charge in [-0.05, 0) is 60.4 Å². The molecule has 2 aliphatic heterocycles. The van der Waals surface area contributed by atoms with Crippen molar-refractivity contribution >= 4 is 17.4 Å². The number of benzene rings is 3. The van der Waals surface area contributed by atoms with Crippen LogP contribution in [0, 0.1) is 0 Å². The number of fused-ring (bicyclic) bond motifs is 1. The summed E-state index contributed by atoms with van der Waals surface area (Å²) >= 11 is 0. The van der Waals surface area contributed by atoms with Gasteiger partial charge in [-0.15, -0.1) is 0 Å². The van der Waals surface area contributed by atoms with E-state index < -0.39 is 17.7 Å². The molecule has 3 aromatic rings. The van der Waals surface area contributed by atoms with Crippen LogP contribution in [0.25, 0.3) is 5.76 Å². The maximum atomic E-state index is 13.4. The number of hydrogen-bond donors (Lipinski definition) is 1. The van der Waals surface area contributed by atoms with Gasteiger partial charge in [-0.3, -0.25) is 9.59 Å². The highest BCUT2D eigenvalue weighted by Gasteiger charge is 2.46. The smallest absolute Gasteiger partial charge is 0.295 e. The second-order valence-electron chi connectivity index (χ2n) is 9.98. The number of rotatable bonds is 10. The summed E-state index contributed by atoms with van der Waals surface area (Å²) in [6.45, 7) is 3.04. The van der Waals surface area contributed by atoms with Crippen LogP contribution in [0.3, 0.4) is 0 Å². The molecule has 8 nitrogen and oxygen atoms in total. The van der Waals surface area contributed by atoms with E-state index in [4.69, 9.17) is 18.9 Å². The molecular weight excluding hydrogens is 510 g/mol. The minimum absolute atomic E-state index is 0.0360. The molecule has 5 rings (SSSR count). The molecule has 2 atom stereocenters. The predicted molar refractivity (Wildman–Crippen MR) is 150 cm³/mol. The lowest BCUT2D eigenvalue weighted by atomic mass is 9.94. The first-order chi connectivity index (χ1) is 19.4. The van der Waals surface area contributed by atoms with Gasteiger partial charge in [0, 0.05) is 32.2 Å². The second kappa shape index (κ2) is 11.8. The Morgan fingerprint density at radius 2 is 1.82 bits per heavy atom. The number of aliphatic hydroxyl groups excluding tert-OH is 1. The van der Waals surface area contributed by atoms with Crippen molar-refractivity contribution < 1.29 is 33.6 Å². The van der Waals surface area contributed by atoms with Crippen molar-refractivity contribution in [3.8, 4) is 17.2 Å². The highest BCUT2D eigenvalue weighted by molar-refractivity contribution is 6.46. The monoisotopic (exact) mass is 543 g/mol. The van der Waals surface area contributed by atoms with Gasteiger partial charge in [0.05, 0.1) is 18.7 Å². The van der Waals surface area contributed by atoms with Gasteiger partial charge >= 0.3 is 0 Å². The number of likely N-dealkylation sites (tertiary alicyclic amines) is 1. The van der Waals surface area contributed by atoms with Gasteiger partial charge < -0.3 is 29.0 Å².